The van der Waals surface area contributed by atoms with Crippen LogP contribution in [0.15, 0.2) is 76.8 Å². The average Bonchev–Trinajstić information content (AvgIpc) is 3.42. The molecular formula is C21H14N4O3. The summed E-state index contributed by atoms with van der Waals surface area (Å²) in [6.45, 7) is 0. The number of carbonyl (C=O) groups is 2. The monoisotopic (exact) mass is 370 g/mol. The largest absolute Gasteiger partial charge is 0.455 e. The van der Waals surface area contributed by atoms with E-state index in [4.69, 9.17) is 4.42 Å². The van der Waals surface area contributed by atoms with Crippen LogP contribution >= 0.6 is 0 Å². The zero-order valence-corrected chi connectivity index (χ0v) is 14.6. The first kappa shape index (κ1) is 16.3. The highest BCUT2D eigenvalue weighted by Gasteiger charge is 2.39. The third-order valence-corrected chi connectivity index (χ3v) is 4.93. The minimum Gasteiger partial charge on any atom is -0.455 e. The first-order chi connectivity index (χ1) is 13.7. The Labute approximate surface area is 159 Å². The number of ketones is 2. The molecule has 7 nitrogen and oxygen atoms in total. The molecule has 0 bridgehead atoms. The molecule has 2 atom stereocenters. The number of furan rings is 1. The van der Waals surface area contributed by atoms with Crippen LogP contribution in [-0.2, 0) is 0 Å². The van der Waals surface area contributed by atoms with Crippen molar-refractivity contribution in [3.63, 3.8) is 0 Å². The fourth-order valence-corrected chi connectivity index (χ4v) is 3.54. The summed E-state index contributed by atoms with van der Waals surface area (Å²) in [7, 11) is 0. The van der Waals surface area contributed by atoms with Crippen LogP contribution in [0, 0.1) is 11.8 Å². The lowest BCUT2D eigenvalue weighted by Gasteiger charge is -2.28. The molecule has 2 heterocycles. The Bertz CT molecular complexity index is 1170. The number of allylic oxidation sites excluding steroid dienone is 4. The van der Waals surface area contributed by atoms with Crippen LogP contribution in [0.4, 0.5) is 0 Å². The number of hydrogen-bond donors (Lipinski definition) is 0. The van der Waals surface area contributed by atoms with Crippen molar-refractivity contribution in [2.45, 2.75) is 0 Å². The van der Waals surface area contributed by atoms with Gasteiger partial charge >= 0.3 is 0 Å². The van der Waals surface area contributed by atoms with E-state index in [2.05, 4.69) is 15.3 Å². The third-order valence-electron chi connectivity index (χ3n) is 4.93. The molecule has 2 aromatic heterocycles. The van der Waals surface area contributed by atoms with Crippen LogP contribution in [0.1, 0.15) is 26.5 Å². The van der Waals surface area contributed by atoms with Crippen molar-refractivity contribution in [3.05, 3.63) is 84.2 Å². The van der Waals surface area contributed by atoms with Gasteiger partial charge in [0.15, 0.2) is 11.6 Å². The molecule has 2 aliphatic rings. The fraction of sp³-hybridized carbons (Fsp3) is 0.0952. The van der Waals surface area contributed by atoms with Gasteiger partial charge in [0.1, 0.15) is 24.2 Å². The Morgan fingerprint density at radius 3 is 2.39 bits per heavy atom. The van der Waals surface area contributed by atoms with Gasteiger partial charge in [-0.05, 0) is 24.3 Å². The summed E-state index contributed by atoms with van der Waals surface area (Å²) >= 11 is 0. The summed E-state index contributed by atoms with van der Waals surface area (Å²) in [5.41, 5.74) is 1.65. The van der Waals surface area contributed by atoms with E-state index in [0.29, 0.717) is 22.6 Å². The van der Waals surface area contributed by atoms with Gasteiger partial charge in [-0.2, -0.15) is 5.10 Å². The molecule has 0 fully saturated rings. The molecule has 1 aromatic carbocycles. The second-order valence-electron chi connectivity index (χ2n) is 6.60. The number of nitrogens with zero attached hydrogens (tertiary/aromatic N) is 4. The van der Waals surface area contributed by atoms with Crippen molar-refractivity contribution in [1.29, 1.82) is 0 Å². The van der Waals surface area contributed by atoms with Gasteiger partial charge in [0.25, 0.3) is 0 Å². The molecule has 3 aromatic rings. The minimum absolute atomic E-state index is 0.0204. The summed E-state index contributed by atoms with van der Waals surface area (Å²) < 4.78 is 7.26. The number of fused-ring (bicyclic) bond motifs is 2. The van der Waals surface area contributed by atoms with Gasteiger partial charge in [-0.1, -0.05) is 30.4 Å². The molecule has 5 rings (SSSR count). The molecule has 2 unspecified atom stereocenters. The standard InChI is InChI=1S/C21H14N4O3/c26-20-15-3-1-2-4-16(15)21(27)18-9-13(5-7-17(18)20)19-8-6-14(28-19)10-24-25-11-22-23-12-25/h1-12,15-16H. The van der Waals surface area contributed by atoms with Crippen molar-refractivity contribution in [2.24, 2.45) is 16.9 Å². The van der Waals surface area contributed by atoms with Crippen LogP contribution < -0.4 is 0 Å². The first-order valence-electron chi connectivity index (χ1n) is 8.77. The average molecular weight is 370 g/mol. The molecule has 0 saturated heterocycles. The van der Waals surface area contributed by atoms with Crippen LogP contribution in [0.2, 0.25) is 0 Å². The minimum atomic E-state index is -0.427. The van der Waals surface area contributed by atoms with E-state index < -0.39 is 11.8 Å². The smallest absolute Gasteiger partial charge is 0.171 e. The lowest BCUT2D eigenvalue weighted by Crippen LogP contribution is -2.35. The molecule has 0 N–H and O–H groups in total. The number of carbonyl (C=O) groups excluding carboxylic acids is 2. The van der Waals surface area contributed by atoms with Gasteiger partial charge in [0.05, 0.1) is 18.1 Å². The lowest BCUT2D eigenvalue weighted by atomic mass is 9.72. The van der Waals surface area contributed by atoms with Gasteiger partial charge in [-0.15, -0.1) is 10.2 Å². The Balaban J connectivity index is 1.48. The Hall–Kier alpha value is -3.87. The van der Waals surface area contributed by atoms with E-state index in [0.717, 1.165) is 5.56 Å². The molecule has 0 spiro atoms. The Kier molecular flexibility index (Phi) is 3.72. The van der Waals surface area contributed by atoms with Crippen LogP contribution in [0.3, 0.4) is 0 Å². The molecule has 0 radical (unpaired) electrons. The second-order valence-corrected chi connectivity index (χ2v) is 6.60. The lowest BCUT2D eigenvalue weighted by molar-refractivity contribution is 0.0801. The van der Waals surface area contributed by atoms with E-state index in [1.165, 1.54) is 17.3 Å². The highest BCUT2D eigenvalue weighted by molar-refractivity contribution is 6.17. The number of hydrogen-bond acceptors (Lipinski definition) is 6. The van der Waals surface area contributed by atoms with Crippen LogP contribution in [0.25, 0.3) is 11.3 Å². The molecule has 0 saturated carbocycles. The van der Waals surface area contributed by atoms with Crippen molar-refractivity contribution in [1.82, 2.24) is 14.9 Å². The summed E-state index contributed by atoms with van der Waals surface area (Å²) in [5.74, 6) is 0.248. The van der Waals surface area contributed by atoms with Crippen LogP contribution in [0.5, 0.6) is 0 Å². The third kappa shape index (κ3) is 2.64. The topological polar surface area (TPSA) is 90.3 Å². The van der Waals surface area contributed by atoms with Gasteiger partial charge in [0, 0.05) is 16.7 Å². The Morgan fingerprint density at radius 1 is 0.929 bits per heavy atom. The number of aromatic nitrogens is 3. The number of rotatable bonds is 3. The van der Waals surface area contributed by atoms with Gasteiger partial charge in [0.2, 0.25) is 0 Å². The first-order valence-corrected chi connectivity index (χ1v) is 8.77. The fourth-order valence-electron chi connectivity index (χ4n) is 3.54. The molecule has 0 amide bonds. The normalized spacial score (nSPS) is 20.6. The van der Waals surface area contributed by atoms with Crippen molar-refractivity contribution < 1.29 is 14.0 Å². The van der Waals surface area contributed by atoms with Gasteiger partial charge < -0.3 is 4.42 Å². The molecule has 2 aliphatic carbocycles. The zero-order valence-electron chi connectivity index (χ0n) is 14.6. The van der Waals surface area contributed by atoms with E-state index in [1.807, 2.05) is 12.2 Å². The second kappa shape index (κ2) is 6.38. The highest BCUT2D eigenvalue weighted by atomic mass is 16.3. The predicted octanol–water partition coefficient (Wildman–Crippen LogP) is 3.16. The van der Waals surface area contributed by atoms with E-state index in [9.17, 15) is 9.59 Å². The molecular weight excluding hydrogens is 356 g/mol. The van der Waals surface area contributed by atoms with Gasteiger partial charge in [-0.3, -0.25) is 9.59 Å². The zero-order chi connectivity index (χ0) is 19.1. The van der Waals surface area contributed by atoms with E-state index in [1.54, 1.807) is 48.7 Å². The number of Topliss-reactive ketones (excluding diaryl/α,β-unsaturated/α-hetero) is 2. The quantitative estimate of drug-likeness (QED) is 0.661. The van der Waals surface area contributed by atoms with Crippen molar-refractivity contribution in [2.75, 3.05) is 0 Å². The SMILES string of the molecule is O=C1c2ccc(-c3ccc(C=Nn4cnnc4)o3)cc2C(=O)C2C=CC=CC12. The Morgan fingerprint density at radius 2 is 1.64 bits per heavy atom. The van der Waals surface area contributed by atoms with E-state index >= 15 is 0 Å². The number of benzene rings is 1. The maximum Gasteiger partial charge on any atom is 0.171 e. The van der Waals surface area contributed by atoms with Crippen LogP contribution in [-0.4, -0.2) is 32.7 Å². The molecule has 28 heavy (non-hydrogen) atoms. The van der Waals surface area contributed by atoms with E-state index in [-0.39, 0.29) is 11.6 Å². The predicted molar refractivity (Wildman–Crippen MR) is 101 cm³/mol. The highest BCUT2D eigenvalue weighted by Crippen LogP contribution is 2.36. The summed E-state index contributed by atoms with van der Waals surface area (Å²) in [6.07, 6.45) is 11.7. The van der Waals surface area contributed by atoms with Gasteiger partial charge in [-0.25, -0.2) is 4.68 Å². The maximum absolute atomic E-state index is 12.9. The summed E-state index contributed by atoms with van der Waals surface area (Å²) in [5, 5.41) is 11.5. The molecule has 7 heteroatoms. The summed E-state index contributed by atoms with van der Waals surface area (Å²) in [6, 6.07) is 8.82. The molecule has 136 valence electrons. The van der Waals surface area contributed by atoms with Crippen molar-refractivity contribution in [3.8, 4) is 11.3 Å². The molecule has 0 aliphatic heterocycles. The maximum atomic E-state index is 12.9. The van der Waals surface area contributed by atoms with Crippen molar-refractivity contribution >= 4 is 17.8 Å². The summed E-state index contributed by atoms with van der Waals surface area (Å²) in [4.78, 5) is 25.7.